The van der Waals surface area contributed by atoms with Crippen LogP contribution in [0.3, 0.4) is 0 Å². The number of nitrogens with zero attached hydrogens (tertiary/aromatic N) is 2. The van der Waals surface area contributed by atoms with Crippen molar-refractivity contribution in [2.24, 2.45) is 0 Å². The minimum absolute atomic E-state index is 0. The number of hydrogen-bond acceptors (Lipinski definition) is 6. The van der Waals surface area contributed by atoms with E-state index in [-0.39, 0.29) is 46.2 Å². The summed E-state index contributed by atoms with van der Waals surface area (Å²) in [6.45, 7) is -2.92. The van der Waals surface area contributed by atoms with Gasteiger partial charge >= 0.3 is 6.61 Å². The van der Waals surface area contributed by atoms with Crippen LogP contribution < -0.4 is 14.2 Å². The van der Waals surface area contributed by atoms with Crippen LogP contribution in [0.4, 0.5) is 8.78 Å². The summed E-state index contributed by atoms with van der Waals surface area (Å²) in [5, 5.41) is 0.195. The first-order valence-corrected chi connectivity index (χ1v) is 8.72. The Kier molecular flexibility index (Phi) is 7.54. The van der Waals surface area contributed by atoms with Crippen LogP contribution >= 0.6 is 0 Å². The van der Waals surface area contributed by atoms with E-state index in [0.29, 0.717) is 28.2 Å². The van der Waals surface area contributed by atoms with Crippen molar-refractivity contribution in [1.29, 1.82) is 0 Å². The molecule has 0 aliphatic heterocycles. The van der Waals surface area contributed by atoms with E-state index in [2.05, 4.69) is 19.7 Å². The van der Waals surface area contributed by atoms with Crippen LogP contribution in [0.5, 0.6) is 17.2 Å². The monoisotopic (exact) mass is 406 g/mol. The summed E-state index contributed by atoms with van der Waals surface area (Å²) in [6.07, 6.45) is 1.53. The molecule has 11 heteroatoms. The van der Waals surface area contributed by atoms with E-state index >= 15 is 0 Å². The summed E-state index contributed by atoms with van der Waals surface area (Å²) in [4.78, 5) is 11.3. The number of aromatic nitrogens is 3. The van der Waals surface area contributed by atoms with Crippen molar-refractivity contribution in [3.05, 3.63) is 36.2 Å². The number of imidazole rings is 1. The van der Waals surface area contributed by atoms with Gasteiger partial charge in [0.15, 0.2) is 16.7 Å². The molecule has 0 aliphatic carbocycles. The minimum Gasteiger partial charge on any atom is -0.493 e. The van der Waals surface area contributed by atoms with E-state index in [1.807, 2.05) is 0 Å². The predicted octanol–water partition coefficient (Wildman–Crippen LogP) is 2.50. The summed E-state index contributed by atoms with van der Waals surface area (Å²) in [5.41, 5.74) is 1.38. The van der Waals surface area contributed by atoms with Crippen molar-refractivity contribution in [1.82, 2.24) is 15.0 Å². The standard InChI is InChI=1S/C16H15F2N3O4S.Na/c1-23-13-5-6-19-12(14(13)24-2)8-26(22)16-20-10-4-3-9(25-15(17)18)7-11(10)21-16;/h3-7,15H,8H2,1-2H3,(H,20,21);. The van der Waals surface area contributed by atoms with Crippen molar-refractivity contribution in [3.63, 3.8) is 0 Å². The van der Waals surface area contributed by atoms with Gasteiger partial charge in [0.2, 0.25) is 0 Å². The predicted molar refractivity (Wildman–Crippen MR) is 95.9 cm³/mol. The molecule has 0 bridgehead atoms. The number of ether oxygens (including phenoxy) is 3. The van der Waals surface area contributed by atoms with E-state index in [1.54, 1.807) is 6.07 Å². The van der Waals surface area contributed by atoms with Gasteiger partial charge in [-0.3, -0.25) is 9.19 Å². The average Bonchev–Trinajstić information content (AvgIpc) is 3.04. The van der Waals surface area contributed by atoms with Crippen LogP contribution in [0, 0.1) is 0 Å². The quantitative estimate of drug-likeness (QED) is 0.607. The second-order valence-electron chi connectivity index (χ2n) is 5.08. The van der Waals surface area contributed by atoms with Gasteiger partial charge in [-0.05, 0) is 12.1 Å². The number of pyridine rings is 1. The molecule has 0 saturated carbocycles. The molecular weight excluding hydrogens is 391 g/mol. The first kappa shape index (κ1) is 21.5. The second-order valence-corrected chi connectivity index (χ2v) is 6.45. The molecule has 2 heterocycles. The average molecular weight is 406 g/mol. The Hall–Kier alpha value is -1.75. The third-order valence-corrected chi connectivity index (χ3v) is 4.67. The molecule has 1 unspecified atom stereocenters. The molecule has 1 atom stereocenters. The van der Waals surface area contributed by atoms with Gasteiger partial charge in [-0.15, -0.1) is 0 Å². The molecule has 3 rings (SSSR count). The number of hydrogen-bond donors (Lipinski definition) is 1. The molecule has 0 fully saturated rings. The normalized spacial score (nSPS) is 11.9. The maximum absolute atomic E-state index is 12.6. The zero-order valence-electron chi connectivity index (χ0n) is 14.9. The third kappa shape index (κ3) is 4.95. The van der Waals surface area contributed by atoms with Gasteiger partial charge in [0.25, 0.3) is 0 Å². The SMILES string of the molecule is COc1ccnc(CS(=O)c2nc3ccc(OC(F)F)cc3[nH]2)c1OC.[Na]. The largest absolute Gasteiger partial charge is 0.493 e. The van der Waals surface area contributed by atoms with Crippen LogP contribution in [0.2, 0.25) is 0 Å². The molecule has 3 aromatic rings. The van der Waals surface area contributed by atoms with Crippen LogP contribution in [0.15, 0.2) is 35.6 Å². The first-order chi connectivity index (χ1) is 12.5. The van der Waals surface area contributed by atoms with Gasteiger partial charge < -0.3 is 19.2 Å². The van der Waals surface area contributed by atoms with E-state index in [4.69, 9.17) is 9.47 Å². The zero-order valence-corrected chi connectivity index (χ0v) is 17.7. The molecule has 0 spiro atoms. The van der Waals surface area contributed by atoms with Crippen LogP contribution in [0.25, 0.3) is 11.0 Å². The number of nitrogens with one attached hydrogen (secondary N) is 1. The molecular formula is C16H15F2N3NaO4S. The van der Waals surface area contributed by atoms with Crippen molar-refractivity contribution in [2.75, 3.05) is 14.2 Å². The molecule has 139 valence electrons. The van der Waals surface area contributed by atoms with Gasteiger partial charge in [0, 0.05) is 47.9 Å². The molecule has 0 amide bonds. The number of methoxy groups -OCH3 is 2. The number of rotatable bonds is 7. The Labute approximate surface area is 178 Å². The zero-order chi connectivity index (χ0) is 18.7. The number of halogens is 2. The number of fused-ring (bicyclic) bond motifs is 1. The Morgan fingerprint density at radius 2 is 2.00 bits per heavy atom. The summed E-state index contributed by atoms with van der Waals surface area (Å²) in [6, 6.07) is 5.89. The molecule has 0 saturated heterocycles. The fourth-order valence-electron chi connectivity index (χ4n) is 2.40. The molecule has 1 N–H and O–H groups in total. The summed E-state index contributed by atoms with van der Waals surface area (Å²) in [5.74, 6) is 0.908. The van der Waals surface area contributed by atoms with Crippen LogP contribution in [-0.2, 0) is 16.6 Å². The van der Waals surface area contributed by atoms with Crippen LogP contribution in [-0.4, -0.2) is 69.5 Å². The molecule has 27 heavy (non-hydrogen) atoms. The minimum atomic E-state index is -2.92. The second kappa shape index (κ2) is 9.45. The van der Waals surface area contributed by atoms with Gasteiger partial charge in [0.05, 0.1) is 47.5 Å². The summed E-state index contributed by atoms with van der Waals surface area (Å²) < 4.78 is 52.1. The van der Waals surface area contributed by atoms with Crippen molar-refractivity contribution < 1.29 is 27.2 Å². The number of H-pyrrole nitrogens is 1. The Balaban J connectivity index is 0.00000261. The fourth-order valence-corrected chi connectivity index (χ4v) is 3.41. The number of aromatic amines is 1. The molecule has 1 aromatic carbocycles. The Morgan fingerprint density at radius 3 is 2.67 bits per heavy atom. The van der Waals surface area contributed by atoms with Gasteiger partial charge in [0.1, 0.15) is 5.75 Å². The van der Waals surface area contributed by atoms with Gasteiger partial charge in [-0.1, -0.05) is 0 Å². The maximum Gasteiger partial charge on any atom is 0.387 e. The Morgan fingerprint density at radius 1 is 1.22 bits per heavy atom. The Bertz CT molecular complexity index is 955. The van der Waals surface area contributed by atoms with Crippen molar-refractivity contribution >= 4 is 51.4 Å². The molecule has 7 nitrogen and oxygen atoms in total. The van der Waals surface area contributed by atoms with Crippen molar-refractivity contribution in [2.45, 2.75) is 17.5 Å². The van der Waals surface area contributed by atoms with Crippen LogP contribution in [0.1, 0.15) is 5.69 Å². The topological polar surface area (TPSA) is 86.3 Å². The van der Waals surface area contributed by atoms with E-state index in [9.17, 15) is 13.0 Å². The van der Waals surface area contributed by atoms with Gasteiger partial charge in [-0.25, -0.2) is 4.98 Å². The number of benzene rings is 1. The van der Waals surface area contributed by atoms with Crippen molar-refractivity contribution in [3.8, 4) is 17.2 Å². The summed E-state index contributed by atoms with van der Waals surface area (Å²) >= 11 is 0. The molecule has 0 aliphatic rings. The first-order valence-electron chi connectivity index (χ1n) is 7.40. The van der Waals surface area contributed by atoms with Gasteiger partial charge in [-0.2, -0.15) is 8.78 Å². The number of alkyl halides is 2. The molecule has 1 radical (unpaired) electrons. The summed E-state index contributed by atoms with van der Waals surface area (Å²) in [7, 11) is 1.41. The van der Waals surface area contributed by atoms with E-state index in [0.717, 1.165) is 0 Å². The van der Waals surface area contributed by atoms with E-state index in [1.165, 1.54) is 38.6 Å². The molecule has 2 aromatic heterocycles. The third-order valence-electron chi connectivity index (χ3n) is 3.51. The smallest absolute Gasteiger partial charge is 0.387 e. The fraction of sp³-hybridized carbons (Fsp3) is 0.250. The van der Waals surface area contributed by atoms with E-state index < -0.39 is 17.4 Å². The maximum atomic E-state index is 12.6.